The van der Waals surface area contributed by atoms with Crippen LogP contribution in [0.5, 0.6) is 0 Å². The van der Waals surface area contributed by atoms with Gasteiger partial charge in [0.2, 0.25) is 0 Å². The van der Waals surface area contributed by atoms with Crippen LogP contribution < -0.4 is 0 Å². The predicted octanol–water partition coefficient (Wildman–Crippen LogP) is 4.14. The van der Waals surface area contributed by atoms with Crippen LogP contribution >= 0.6 is 0 Å². The van der Waals surface area contributed by atoms with E-state index in [1.165, 1.54) is 13.0 Å². The van der Waals surface area contributed by atoms with E-state index in [2.05, 4.69) is 0 Å². The molecule has 0 saturated heterocycles. The summed E-state index contributed by atoms with van der Waals surface area (Å²) in [6, 6.07) is 8.93. The molecule has 18 heavy (non-hydrogen) atoms. The molecule has 2 aromatic rings. The standard InChI is InChI=1S/C15H12F2O/c1-9-7-13(15(17)8-14(9)16)12-5-3-11(4-6-12)10(2)18/h3-8H,1-2H3. The quantitative estimate of drug-likeness (QED) is 0.728. The number of benzene rings is 2. The van der Waals surface area contributed by atoms with Gasteiger partial charge in [0.05, 0.1) is 0 Å². The summed E-state index contributed by atoms with van der Waals surface area (Å²) < 4.78 is 26.8. The average Bonchev–Trinajstić information content (AvgIpc) is 2.34. The van der Waals surface area contributed by atoms with Crippen molar-refractivity contribution in [2.24, 2.45) is 0 Å². The Morgan fingerprint density at radius 1 is 1.00 bits per heavy atom. The number of carbonyl (C=O) groups excluding carboxylic acids is 1. The highest BCUT2D eigenvalue weighted by Gasteiger charge is 2.09. The lowest BCUT2D eigenvalue weighted by molar-refractivity contribution is 0.101. The third kappa shape index (κ3) is 2.30. The molecule has 2 rings (SSSR count). The van der Waals surface area contributed by atoms with Crippen LogP contribution in [-0.2, 0) is 0 Å². The van der Waals surface area contributed by atoms with Gasteiger partial charge in [0.1, 0.15) is 11.6 Å². The highest BCUT2D eigenvalue weighted by Crippen LogP contribution is 2.25. The molecule has 0 fully saturated rings. The molecule has 0 aliphatic carbocycles. The van der Waals surface area contributed by atoms with E-state index in [4.69, 9.17) is 0 Å². The van der Waals surface area contributed by atoms with Crippen LogP contribution in [0.1, 0.15) is 22.8 Å². The highest BCUT2D eigenvalue weighted by molar-refractivity contribution is 5.94. The van der Waals surface area contributed by atoms with Crippen LogP contribution in [0.3, 0.4) is 0 Å². The number of carbonyl (C=O) groups is 1. The summed E-state index contributed by atoms with van der Waals surface area (Å²) in [5.74, 6) is -1.21. The Balaban J connectivity index is 2.49. The van der Waals surface area contributed by atoms with Crippen molar-refractivity contribution in [3.8, 4) is 11.1 Å². The molecule has 0 atom stereocenters. The van der Waals surface area contributed by atoms with Gasteiger partial charge in [-0.15, -0.1) is 0 Å². The lowest BCUT2D eigenvalue weighted by Gasteiger charge is -2.06. The van der Waals surface area contributed by atoms with E-state index in [1.54, 1.807) is 31.2 Å². The van der Waals surface area contributed by atoms with Crippen molar-refractivity contribution in [3.05, 3.63) is 59.2 Å². The Bertz CT molecular complexity index is 601. The second-order valence-corrected chi connectivity index (χ2v) is 4.21. The SMILES string of the molecule is CC(=O)c1ccc(-c2cc(C)c(F)cc2F)cc1. The highest BCUT2D eigenvalue weighted by atomic mass is 19.1. The van der Waals surface area contributed by atoms with Crippen molar-refractivity contribution >= 4 is 5.78 Å². The van der Waals surface area contributed by atoms with E-state index in [0.29, 0.717) is 22.3 Å². The smallest absolute Gasteiger partial charge is 0.159 e. The van der Waals surface area contributed by atoms with Gasteiger partial charge < -0.3 is 0 Å². The number of ketones is 1. The van der Waals surface area contributed by atoms with E-state index in [1.807, 2.05) is 0 Å². The molecule has 0 unspecified atom stereocenters. The molecule has 92 valence electrons. The zero-order chi connectivity index (χ0) is 13.3. The maximum atomic E-state index is 13.7. The number of halogens is 2. The van der Waals surface area contributed by atoms with Gasteiger partial charge in [0.25, 0.3) is 0 Å². The summed E-state index contributed by atoms with van der Waals surface area (Å²) in [7, 11) is 0. The third-order valence-electron chi connectivity index (χ3n) is 2.85. The van der Waals surface area contributed by atoms with Crippen molar-refractivity contribution in [2.45, 2.75) is 13.8 Å². The van der Waals surface area contributed by atoms with Crippen LogP contribution in [0, 0.1) is 18.6 Å². The lowest BCUT2D eigenvalue weighted by Crippen LogP contribution is -1.93. The minimum Gasteiger partial charge on any atom is -0.295 e. The molecule has 0 N–H and O–H groups in total. The summed E-state index contributed by atoms with van der Waals surface area (Å²) in [6.07, 6.45) is 0. The molecule has 2 aromatic carbocycles. The summed E-state index contributed by atoms with van der Waals surface area (Å²) in [6.45, 7) is 3.06. The van der Waals surface area contributed by atoms with Crippen molar-refractivity contribution in [1.82, 2.24) is 0 Å². The van der Waals surface area contributed by atoms with Crippen molar-refractivity contribution in [2.75, 3.05) is 0 Å². The molecule has 3 heteroatoms. The Hall–Kier alpha value is -2.03. The second-order valence-electron chi connectivity index (χ2n) is 4.21. The maximum absolute atomic E-state index is 13.7. The van der Waals surface area contributed by atoms with Crippen LogP contribution in [0.15, 0.2) is 36.4 Å². The molecule has 0 heterocycles. The molecular weight excluding hydrogens is 234 g/mol. The van der Waals surface area contributed by atoms with E-state index in [-0.39, 0.29) is 5.78 Å². The van der Waals surface area contributed by atoms with E-state index >= 15 is 0 Å². The Labute approximate surface area is 104 Å². The van der Waals surface area contributed by atoms with Crippen LogP contribution in [-0.4, -0.2) is 5.78 Å². The first-order valence-corrected chi connectivity index (χ1v) is 5.56. The molecule has 0 bridgehead atoms. The van der Waals surface area contributed by atoms with Gasteiger partial charge in [-0.1, -0.05) is 24.3 Å². The molecule has 0 radical (unpaired) electrons. The molecule has 0 aromatic heterocycles. The normalized spacial score (nSPS) is 10.4. The van der Waals surface area contributed by atoms with Gasteiger partial charge >= 0.3 is 0 Å². The fourth-order valence-electron chi connectivity index (χ4n) is 1.76. The first-order chi connectivity index (χ1) is 8.49. The van der Waals surface area contributed by atoms with Gasteiger partial charge in [0.15, 0.2) is 5.78 Å². The molecule has 0 spiro atoms. The van der Waals surface area contributed by atoms with Crippen molar-refractivity contribution < 1.29 is 13.6 Å². The summed E-state index contributed by atoms with van der Waals surface area (Å²) in [4.78, 5) is 11.1. The van der Waals surface area contributed by atoms with Gasteiger partial charge in [-0.05, 0) is 31.0 Å². The van der Waals surface area contributed by atoms with Crippen LogP contribution in [0.25, 0.3) is 11.1 Å². The number of aryl methyl sites for hydroxylation is 1. The minimum atomic E-state index is -0.603. The lowest BCUT2D eigenvalue weighted by atomic mass is 10.0. The van der Waals surface area contributed by atoms with Crippen LogP contribution in [0.4, 0.5) is 8.78 Å². The monoisotopic (exact) mass is 246 g/mol. The van der Waals surface area contributed by atoms with Crippen LogP contribution in [0.2, 0.25) is 0 Å². The van der Waals surface area contributed by atoms with Gasteiger partial charge in [-0.3, -0.25) is 4.79 Å². The molecule has 0 aliphatic rings. The number of rotatable bonds is 2. The summed E-state index contributed by atoms with van der Waals surface area (Å²) in [5.41, 5.74) is 1.92. The fourth-order valence-corrected chi connectivity index (χ4v) is 1.76. The van der Waals surface area contributed by atoms with Crippen molar-refractivity contribution in [3.63, 3.8) is 0 Å². The molecule has 0 saturated carbocycles. The fraction of sp³-hybridized carbons (Fsp3) is 0.133. The molecule has 0 amide bonds. The first-order valence-electron chi connectivity index (χ1n) is 5.56. The zero-order valence-electron chi connectivity index (χ0n) is 10.1. The van der Waals surface area contributed by atoms with Crippen molar-refractivity contribution in [1.29, 1.82) is 0 Å². The molecular formula is C15H12F2O. The summed E-state index contributed by atoms with van der Waals surface area (Å²) >= 11 is 0. The maximum Gasteiger partial charge on any atom is 0.159 e. The van der Waals surface area contributed by atoms with E-state index in [0.717, 1.165) is 6.07 Å². The van der Waals surface area contributed by atoms with Gasteiger partial charge in [-0.2, -0.15) is 0 Å². The number of Topliss-reactive ketones (excluding diaryl/α,β-unsaturated/α-hetero) is 1. The zero-order valence-corrected chi connectivity index (χ0v) is 10.1. The van der Waals surface area contributed by atoms with Gasteiger partial charge in [0, 0.05) is 17.2 Å². The average molecular weight is 246 g/mol. The topological polar surface area (TPSA) is 17.1 Å². The predicted molar refractivity (Wildman–Crippen MR) is 66.5 cm³/mol. The largest absolute Gasteiger partial charge is 0.295 e. The van der Waals surface area contributed by atoms with Gasteiger partial charge in [-0.25, -0.2) is 8.78 Å². The number of hydrogen-bond donors (Lipinski definition) is 0. The second kappa shape index (κ2) is 4.69. The summed E-state index contributed by atoms with van der Waals surface area (Å²) in [5, 5.41) is 0. The Kier molecular flexibility index (Phi) is 3.24. The Morgan fingerprint density at radius 3 is 2.17 bits per heavy atom. The first kappa shape index (κ1) is 12.4. The third-order valence-corrected chi connectivity index (χ3v) is 2.85. The molecule has 1 nitrogen and oxygen atoms in total. The molecule has 0 aliphatic heterocycles. The minimum absolute atomic E-state index is 0.0442. The number of hydrogen-bond acceptors (Lipinski definition) is 1. The van der Waals surface area contributed by atoms with E-state index in [9.17, 15) is 13.6 Å². The van der Waals surface area contributed by atoms with E-state index < -0.39 is 11.6 Å². The Morgan fingerprint density at radius 2 is 1.61 bits per heavy atom.